The van der Waals surface area contributed by atoms with Crippen molar-refractivity contribution in [1.29, 1.82) is 0 Å². The van der Waals surface area contributed by atoms with Crippen LogP contribution in [0.1, 0.15) is 40.0 Å². The molecular formula is C14H32N2O2. The van der Waals surface area contributed by atoms with Crippen LogP contribution in [0.3, 0.4) is 0 Å². The van der Waals surface area contributed by atoms with Gasteiger partial charge in [0.15, 0.2) is 0 Å². The molecule has 0 radical (unpaired) electrons. The molecule has 1 unspecified atom stereocenters. The molecule has 2 N–H and O–H groups in total. The van der Waals surface area contributed by atoms with Crippen LogP contribution in [-0.4, -0.2) is 62.0 Å². The summed E-state index contributed by atoms with van der Waals surface area (Å²) in [6, 6.07) is 0.324. The van der Waals surface area contributed by atoms with Crippen LogP contribution in [0.25, 0.3) is 0 Å². The first-order valence-electron chi connectivity index (χ1n) is 7.07. The summed E-state index contributed by atoms with van der Waals surface area (Å²) in [6.07, 6.45) is 3.42. The molecule has 1 atom stereocenters. The van der Waals surface area contributed by atoms with Gasteiger partial charge in [-0.2, -0.15) is 0 Å². The predicted molar refractivity (Wildman–Crippen MR) is 77.0 cm³/mol. The third-order valence-corrected chi connectivity index (χ3v) is 3.69. The van der Waals surface area contributed by atoms with Crippen molar-refractivity contribution >= 4 is 0 Å². The minimum Gasteiger partial charge on any atom is -0.395 e. The molecule has 0 saturated heterocycles. The van der Waals surface area contributed by atoms with E-state index in [0.717, 1.165) is 26.1 Å². The number of nitrogens with one attached hydrogen (secondary N) is 1. The number of rotatable bonds is 11. The molecule has 0 aromatic carbocycles. The molecule has 0 heterocycles. The van der Waals surface area contributed by atoms with Crippen molar-refractivity contribution in [2.24, 2.45) is 0 Å². The Labute approximate surface area is 113 Å². The average molecular weight is 260 g/mol. The monoisotopic (exact) mass is 260 g/mol. The van der Waals surface area contributed by atoms with Gasteiger partial charge in [0.2, 0.25) is 0 Å². The molecule has 0 fully saturated rings. The Morgan fingerprint density at radius 1 is 1.28 bits per heavy atom. The van der Waals surface area contributed by atoms with E-state index < -0.39 is 0 Å². The first kappa shape index (κ1) is 17.8. The molecule has 0 aliphatic carbocycles. The molecular weight excluding hydrogens is 228 g/mol. The Morgan fingerprint density at radius 3 is 2.39 bits per heavy atom. The third kappa shape index (κ3) is 6.69. The molecule has 110 valence electrons. The predicted octanol–water partition coefficient (Wildman–Crippen LogP) is 1.48. The lowest BCUT2D eigenvalue weighted by atomic mass is 9.95. The van der Waals surface area contributed by atoms with Crippen molar-refractivity contribution in [3.63, 3.8) is 0 Å². The molecule has 4 heteroatoms. The molecule has 0 spiro atoms. The van der Waals surface area contributed by atoms with Crippen LogP contribution in [-0.2, 0) is 4.74 Å². The maximum atomic E-state index is 9.08. The lowest BCUT2D eigenvalue weighted by Gasteiger charge is -2.34. The van der Waals surface area contributed by atoms with Crippen molar-refractivity contribution in [1.82, 2.24) is 10.2 Å². The second-order valence-corrected chi connectivity index (χ2v) is 5.36. The van der Waals surface area contributed by atoms with Crippen molar-refractivity contribution in [2.75, 3.05) is 40.4 Å². The Balaban J connectivity index is 4.20. The quantitative estimate of drug-likeness (QED) is 0.591. The first-order valence-corrected chi connectivity index (χ1v) is 7.07. The fraction of sp³-hybridized carbons (Fsp3) is 1.00. The number of likely N-dealkylation sites (N-methyl/N-ethyl adjacent to an activating group) is 1. The Hall–Kier alpha value is -0.160. The smallest absolute Gasteiger partial charge is 0.0775 e. The largest absolute Gasteiger partial charge is 0.395 e. The highest BCUT2D eigenvalue weighted by Crippen LogP contribution is 2.16. The topological polar surface area (TPSA) is 44.7 Å². The van der Waals surface area contributed by atoms with E-state index in [4.69, 9.17) is 9.84 Å². The summed E-state index contributed by atoms with van der Waals surface area (Å²) in [4.78, 5) is 2.33. The molecule has 18 heavy (non-hydrogen) atoms. The van der Waals surface area contributed by atoms with Gasteiger partial charge in [0, 0.05) is 19.7 Å². The zero-order valence-electron chi connectivity index (χ0n) is 12.8. The summed E-state index contributed by atoms with van der Waals surface area (Å²) in [5.74, 6) is 0. The van der Waals surface area contributed by atoms with E-state index in [1.165, 1.54) is 12.8 Å². The van der Waals surface area contributed by atoms with Crippen molar-refractivity contribution < 1.29 is 9.84 Å². The van der Waals surface area contributed by atoms with Gasteiger partial charge in [-0.15, -0.1) is 0 Å². The molecule has 0 saturated carbocycles. The van der Waals surface area contributed by atoms with Crippen LogP contribution in [0, 0.1) is 0 Å². The maximum absolute atomic E-state index is 9.08. The SMILES string of the molecule is CCCCN(CCO)CCC(NC)C(C)(C)OC. The van der Waals surface area contributed by atoms with Gasteiger partial charge in [-0.3, -0.25) is 0 Å². The normalized spacial score (nSPS) is 14.2. The zero-order chi connectivity index (χ0) is 14.0. The maximum Gasteiger partial charge on any atom is 0.0775 e. The van der Waals surface area contributed by atoms with Gasteiger partial charge in [-0.1, -0.05) is 13.3 Å². The highest BCUT2D eigenvalue weighted by molar-refractivity contribution is 4.85. The lowest BCUT2D eigenvalue weighted by Crippen LogP contribution is -2.48. The van der Waals surface area contributed by atoms with E-state index in [1.807, 2.05) is 7.05 Å². The van der Waals surface area contributed by atoms with Crippen molar-refractivity contribution in [3.8, 4) is 0 Å². The van der Waals surface area contributed by atoms with Gasteiger partial charge in [0.1, 0.15) is 0 Å². The van der Waals surface area contributed by atoms with Crippen molar-refractivity contribution in [2.45, 2.75) is 51.7 Å². The van der Waals surface area contributed by atoms with Gasteiger partial charge >= 0.3 is 0 Å². The molecule has 0 aromatic rings. The van der Waals surface area contributed by atoms with Crippen LogP contribution in [0.4, 0.5) is 0 Å². The summed E-state index contributed by atoms with van der Waals surface area (Å²) in [7, 11) is 3.74. The van der Waals surface area contributed by atoms with E-state index in [9.17, 15) is 0 Å². The van der Waals surface area contributed by atoms with Gasteiger partial charge in [-0.25, -0.2) is 0 Å². The molecule has 0 aromatic heterocycles. The second-order valence-electron chi connectivity index (χ2n) is 5.36. The molecule has 4 nitrogen and oxygen atoms in total. The highest BCUT2D eigenvalue weighted by atomic mass is 16.5. The summed E-state index contributed by atoms with van der Waals surface area (Å²) in [6.45, 7) is 9.49. The Bertz CT molecular complexity index is 198. The molecule has 0 bridgehead atoms. The summed E-state index contributed by atoms with van der Waals surface area (Å²) in [5, 5.41) is 12.4. The fourth-order valence-corrected chi connectivity index (χ4v) is 2.15. The Morgan fingerprint density at radius 2 is 1.94 bits per heavy atom. The number of hydrogen-bond donors (Lipinski definition) is 2. The molecule has 0 rings (SSSR count). The van der Waals surface area contributed by atoms with E-state index >= 15 is 0 Å². The number of aliphatic hydroxyl groups excluding tert-OH is 1. The molecule has 0 aliphatic rings. The minimum absolute atomic E-state index is 0.162. The summed E-state index contributed by atoms with van der Waals surface area (Å²) < 4.78 is 5.53. The highest BCUT2D eigenvalue weighted by Gasteiger charge is 2.27. The zero-order valence-corrected chi connectivity index (χ0v) is 12.8. The second kappa shape index (κ2) is 9.73. The van der Waals surface area contributed by atoms with E-state index in [1.54, 1.807) is 7.11 Å². The molecule has 0 amide bonds. The van der Waals surface area contributed by atoms with Gasteiger partial charge in [0.25, 0.3) is 0 Å². The lowest BCUT2D eigenvalue weighted by molar-refractivity contribution is -0.0130. The summed E-state index contributed by atoms with van der Waals surface area (Å²) in [5.41, 5.74) is -0.162. The van der Waals surface area contributed by atoms with Gasteiger partial charge < -0.3 is 20.1 Å². The first-order chi connectivity index (χ1) is 8.51. The van der Waals surface area contributed by atoms with E-state index in [-0.39, 0.29) is 12.2 Å². The Kier molecular flexibility index (Phi) is 9.64. The van der Waals surface area contributed by atoms with Gasteiger partial charge in [-0.05, 0) is 46.8 Å². The van der Waals surface area contributed by atoms with Gasteiger partial charge in [0.05, 0.1) is 12.2 Å². The number of unbranched alkanes of at least 4 members (excludes halogenated alkanes) is 1. The van der Waals surface area contributed by atoms with Crippen LogP contribution < -0.4 is 5.32 Å². The third-order valence-electron chi connectivity index (χ3n) is 3.69. The van der Waals surface area contributed by atoms with E-state index in [0.29, 0.717) is 6.04 Å². The van der Waals surface area contributed by atoms with Crippen molar-refractivity contribution in [3.05, 3.63) is 0 Å². The minimum atomic E-state index is -0.162. The number of aliphatic hydroxyl groups is 1. The molecule has 0 aliphatic heterocycles. The number of ether oxygens (including phenoxy) is 1. The van der Waals surface area contributed by atoms with Crippen LogP contribution in [0.2, 0.25) is 0 Å². The fourth-order valence-electron chi connectivity index (χ4n) is 2.15. The summed E-state index contributed by atoms with van der Waals surface area (Å²) >= 11 is 0. The number of hydrogen-bond acceptors (Lipinski definition) is 4. The number of methoxy groups -OCH3 is 1. The van der Waals surface area contributed by atoms with Crippen LogP contribution >= 0.6 is 0 Å². The standard InChI is InChI=1S/C14H32N2O2/c1-6-7-9-16(11-12-17)10-8-13(15-4)14(2,3)18-5/h13,15,17H,6-12H2,1-5H3. The van der Waals surface area contributed by atoms with E-state index in [2.05, 4.69) is 31.0 Å². The van der Waals surface area contributed by atoms with Crippen LogP contribution in [0.15, 0.2) is 0 Å². The average Bonchev–Trinajstić information content (AvgIpc) is 2.36. The number of nitrogens with zero attached hydrogens (tertiary/aromatic N) is 1. The van der Waals surface area contributed by atoms with Crippen LogP contribution in [0.5, 0.6) is 0 Å².